The average Bonchev–Trinajstić information content (AvgIpc) is 2.38. The quantitative estimate of drug-likeness (QED) is 0.929. The number of carbonyl (C=O) groups is 1. The van der Waals surface area contributed by atoms with Crippen molar-refractivity contribution in [3.63, 3.8) is 0 Å². The van der Waals surface area contributed by atoms with E-state index in [1.54, 1.807) is 0 Å². The second-order valence-electron chi connectivity index (χ2n) is 3.85. The Morgan fingerprint density at radius 3 is 2.58 bits per heavy atom. The largest absolute Gasteiger partial charge is 0.497 e. The van der Waals surface area contributed by atoms with Crippen LogP contribution in [-0.2, 0) is 0 Å². The molecule has 0 fully saturated rings. The van der Waals surface area contributed by atoms with Crippen molar-refractivity contribution in [1.29, 1.82) is 0 Å². The highest BCUT2D eigenvalue weighted by molar-refractivity contribution is 6.33. The molecule has 0 saturated heterocycles. The molecular weight excluding hydrogens is 271 g/mol. The van der Waals surface area contributed by atoms with E-state index in [4.69, 9.17) is 21.4 Å². The van der Waals surface area contributed by atoms with Crippen LogP contribution in [0.15, 0.2) is 36.4 Å². The molecular formula is C14H10ClFO3. The van der Waals surface area contributed by atoms with Gasteiger partial charge in [0.15, 0.2) is 0 Å². The highest BCUT2D eigenvalue weighted by Crippen LogP contribution is 2.30. The van der Waals surface area contributed by atoms with E-state index in [9.17, 15) is 9.18 Å². The summed E-state index contributed by atoms with van der Waals surface area (Å²) in [6.07, 6.45) is 0. The van der Waals surface area contributed by atoms with Crippen LogP contribution in [0.3, 0.4) is 0 Å². The van der Waals surface area contributed by atoms with Crippen LogP contribution in [0.2, 0.25) is 5.02 Å². The smallest absolute Gasteiger partial charge is 0.337 e. The summed E-state index contributed by atoms with van der Waals surface area (Å²) in [7, 11) is 1.48. The zero-order valence-corrected chi connectivity index (χ0v) is 10.7. The van der Waals surface area contributed by atoms with Gasteiger partial charge in [-0.25, -0.2) is 9.18 Å². The van der Waals surface area contributed by atoms with Crippen LogP contribution in [0.1, 0.15) is 10.4 Å². The molecule has 98 valence electrons. The van der Waals surface area contributed by atoms with Crippen LogP contribution in [0, 0.1) is 5.82 Å². The number of rotatable bonds is 3. The van der Waals surface area contributed by atoms with Gasteiger partial charge in [0.05, 0.1) is 17.7 Å². The van der Waals surface area contributed by atoms with Gasteiger partial charge in [-0.2, -0.15) is 0 Å². The van der Waals surface area contributed by atoms with E-state index in [1.165, 1.54) is 43.5 Å². The van der Waals surface area contributed by atoms with Crippen molar-refractivity contribution >= 4 is 17.6 Å². The van der Waals surface area contributed by atoms with Crippen LogP contribution in [-0.4, -0.2) is 18.2 Å². The van der Waals surface area contributed by atoms with Gasteiger partial charge in [-0.05, 0) is 35.9 Å². The molecule has 0 aromatic heterocycles. The lowest BCUT2D eigenvalue weighted by Gasteiger charge is -2.08. The van der Waals surface area contributed by atoms with Gasteiger partial charge >= 0.3 is 5.97 Å². The van der Waals surface area contributed by atoms with E-state index in [1.807, 2.05) is 0 Å². The molecule has 0 amide bonds. The fourth-order valence-electron chi connectivity index (χ4n) is 1.71. The first-order valence-electron chi connectivity index (χ1n) is 5.39. The Balaban J connectivity index is 2.53. The number of hydrogen-bond acceptors (Lipinski definition) is 2. The summed E-state index contributed by atoms with van der Waals surface area (Å²) in [5.41, 5.74) is 0.776. The maximum atomic E-state index is 13.8. The maximum absolute atomic E-state index is 13.8. The summed E-state index contributed by atoms with van der Waals surface area (Å²) < 4.78 is 18.8. The molecule has 19 heavy (non-hydrogen) atoms. The standard InChI is InChI=1S/C14H10ClFO3/c1-19-9-3-5-13(16)11(7-9)8-2-4-10(14(17)18)12(15)6-8/h2-7H,1H3,(H,17,18). The van der Waals surface area contributed by atoms with Gasteiger partial charge < -0.3 is 9.84 Å². The number of methoxy groups -OCH3 is 1. The number of ether oxygens (including phenoxy) is 1. The Labute approximate surface area is 114 Å². The molecule has 5 heteroatoms. The van der Waals surface area contributed by atoms with Crippen LogP contribution in [0.5, 0.6) is 5.75 Å². The zero-order chi connectivity index (χ0) is 14.0. The summed E-state index contributed by atoms with van der Waals surface area (Å²) in [6, 6.07) is 8.59. The van der Waals surface area contributed by atoms with Gasteiger partial charge in [-0.3, -0.25) is 0 Å². The molecule has 0 heterocycles. The van der Waals surface area contributed by atoms with Crippen LogP contribution in [0.25, 0.3) is 11.1 Å². The van der Waals surface area contributed by atoms with E-state index in [0.29, 0.717) is 16.9 Å². The third-order valence-electron chi connectivity index (χ3n) is 2.68. The summed E-state index contributed by atoms with van der Waals surface area (Å²) in [4.78, 5) is 10.9. The molecule has 0 bridgehead atoms. The first kappa shape index (κ1) is 13.4. The lowest BCUT2D eigenvalue weighted by atomic mass is 10.0. The fraction of sp³-hybridized carbons (Fsp3) is 0.0714. The van der Waals surface area contributed by atoms with E-state index in [-0.39, 0.29) is 10.6 Å². The number of benzene rings is 2. The van der Waals surface area contributed by atoms with E-state index < -0.39 is 11.8 Å². The number of aromatic carboxylic acids is 1. The molecule has 0 aliphatic rings. The Morgan fingerprint density at radius 1 is 1.26 bits per heavy atom. The van der Waals surface area contributed by atoms with E-state index in [0.717, 1.165) is 0 Å². The molecule has 0 spiro atoms. The van der Waals surface area contributed by atoms with Crippen molar-refractivity contribution in [2.24, 2.45) is 0 Å². The topological polar surface area (TPSA) is 46.5 Å². The van der Waals surface area contributed by atoms with Crippen molar-refractivity contribution in [3.8, 4) is 16.9 Å². The van der Waals surface area contributed by atoms with Crippen molar-refractivity contribution in [3.05, 3.63) is 52.8 Å². The molecule has 0 atom stereocenters. The number of carboxylic acids is 1. The van der Waals surface area contributed by atoms with Crippen LogP contribution >= 0.6 is 11.6 Å². The minimum atomic E-state index is -1.12. The SMILES string of the molecule is COc1ccc(F)c(-c2ccc(C(=O)O)c(Cl)c2)c1. The Kier molecular flexibility index (Phi) is 3.71. The van der Waals surface area contributed by atoms with Crippen molar-refractivity contribution in [1.82, 2.24) is 0 Å². The second-order valence-corrected chi connectivity index (χ2v) is 4.25. The predicted molar refractivity (Wildman–Crippen MR) is 70.4 cm³/mol. The van der Waals surface area contributed by atoms with E-state index in [2.05, 4.69) is 0 Å². The third-order valence-corrected chi connectivity index (χ3v) is 3.00. The first-order valence-corrected chi connectivity index (χ1v) is 5.77. The Hall–Kier alpha value is -2.07. The fourth-order valence-corrected chi connectivity index (χ4v) is 1.97. The lowest BCUT2D eigenvalue weighted by Crippen LogP contribution is -1.97. The van der Waals surface area contributed by atoms with Gasteiger partial charge in [0.1, 0.15) is 11.6 Å². The third kappa shape index (κ3) is 2.69. The molecule has 2 aromatic carbocycles. The Morgan fingerprint density at radius 2 is 2.00 bits per heavy atom. The van der Waals surface area contributed by atoms with Crippen molar-refractivity contribution in [2.45, 2.75) is 0 Å². The predicted octanol–water partition coefficient (Wildman–Crippen LogP) is 3.85. The molecule has 0 radical (unpaired) electrons. The molecule has 1 N–H and O–H groups in total. The van der Waals surface area contributed by atoms with Gasteiger partial charge in [0, 0.05) is 5.56 Å². The summed E-state index contributed by atoms with van der Waals surface area (Å²) in [5, 5.41) is 8.95. The number of halogens is 2. The van der Waals surface area contributed by atoms with Gasteiger partial charge in [-0.1, -0.05) is 17.7 Å². The molecule has 2 aromatic rings. The van der Waals surface area contributed by atoms with Gasteiger partial charge in [0.25, 0.3) is 0 Å². The zero-order valence-electron chi connectivity index (χ0n) is 9.98. The highest BCUT2D eigenvalue weighted by Gasteiger charge is 2.12. The van der Waals surface area contributed by atoms with Crippen LogP contribution in [0.4, 0.5) is 4.39 Å². The minimum absolute atomic E-state index is 0.0197. The van der Waals surface area contributed by atoms with Crippen molar-refractivity contribution in [2.75, 3.05) is 7.11 Å². The normalized spacial score (nSPS) is 10.3. The minimum Gasteiger partial charge on any atom is -0.497 e. The lowest BCUT2D eigenvalue weighted by molar-refractivity contribution is 0.0697. The molecule has 0 aliphatic heterocycles. The summed E-state index contributed by atoms with van der Waals surface area (Å²) >= 11 is 5.87. The summed E-state index contributed by atoms with van der Waals surface area (Å²) in [6.45, 7) is 0. The maximum Gasteiger partial charge on any atom is 0.337 e. The summed E-state index contributed by atoms with van der Waals surface area (Å²) in [5.74, 6) is -1.04. The molecule has 0 unspecified atom stereocenters. The number of hydrogen-bond donors (Lipinski definition) is 1. The van der Waals surface area contributed by atoms with Crippen LogP contribution < -0.4 is 4.74 Å². The van der Waals surface area contributed by atoms with Gasteiger partial charge in [0.2, 0.25) is 0 Å². The Bertz CT molecular complexity index is 641. The first-order chi connectivity index (χ1) is 9.02. The average molecular weight is 281 g/mol. The molecule has 0 saturated carbocycles. The second kappa shape index (κ2) is 5.28. The molecule has 2 rings (SSSR count). The van der Waals surface area contributed by atoms with Gasteiger partial charge in [-0.15, -0.1) is 0 Å². The highest BCUT2D eigenvalue weighted by atomic mass is 35.5. The monoisotopic (exact) mass is 280 g/mol. The number of carboxylic acid groups (broad SMARTS) is 1. The van der Waals surface area contributed by atoms with Crippen molar-refractivity contribution < 1.29 is 19.0 Å². The molecule has 0 aliphatic carbocycles. The van der Waals surface area contributed by atoms with E-state index >= 15 is 0 Å². The molecule has 3 nitrogen and oxygen atoms in total.